The largest absolute Gasteiger partial charge is 0.324 e. The van der Waals surface area contributed by atoms with Gasteiger partial charge in [0.2, 0.25) is 0 Å². The van der Waals surface area contributed by atoms with Crippen LogP contribution < -0.4 is 15.6 Å². The van der Waals surface area contributed by atoms with Crippen molar-refractivity contribution >= 4 is 27.9 Å². The van der Waals surface area contributed by atoms with Crippen LogP contribution in [0.2, 0.25) is 0 Å². The number of benzene rings is 2. The first-order valence-electron chi connectivity index (χ1n) is 11.0. The Kier molecular flexibility index (Phi) is 6.93. The molecule has 4 nitrogen and oxygen atoms in total. The van der Waals surface area contributed by atoms with Crippen LogP contribution in [0.4, 0.5) is 5.69 Å². The van der Waals surface area contributed by atoms with Crippen molar-refractivity contribution in [2.45, 2.75) is 49.9 Å². The second kappa shape index (κ2) is 9.82. The van der Waals surface area contributed by atoms with E-state index in [2.05, 4.69) is 75.8 Å². The maximum Gasteiger partial charge on any atom is 0.0541 e. The van der Waals surface area contributed by atoms with Gasteiger partial charge in [0, 0.05) is 22.7 Å². The van der Waals surface area contributed by atoms with Gasteiger partial charge in [-0.15, -0.1) is 0 Å². The van der Waals surface area contributed by atoms with Crippen LogP contribution in [0.25, 0.3) is 5.70 Å². The zero-order chi connectivity index (χ0) is 20.9. The highest BCUT2D eigenvalue weighted by atomic mass is 32.2. The van der Waals surface area contributed by atoms with Crippen LogP contribution in [0.5, 0.6) is 0 Å². The lowest BCUT2D eigenvalue weighted by Crippen LogP contribution is -2.46. The van der Waals surface area contributed by atoms with Gasteiger partial charge in [0.15, 0.2) is 0 Å². The predicted octanol–water partition coefficient (Wildman–Crippen LogP) is 4.76. The van der Waals surface area contributed by atoms with E-state index in [4.69, 9.17) is 11.7 Å². The molecule has 30 heavy (non-hydrogen) atoms. The molecule has 2 fully saturated rings. The molecule has 1 unspecified atom stereocenters. The summed E-state index contributed by atoms with van der Waals surface area (Å²) in [5, 5.41) is 0.655. The lowest BCUT2D eigenvalue weighted by molar-refractivity contribution is 0.107. The molecule has 0 radical (unpaired) electrons. The van der Waals surface area contributed by atoms with Crippen molar-refractivity contribution in [2.75, 3.05) is 17.4 Å². The van der Waals surface area contributed by atoms with Crippen molar-refractivity contribution in [3.8, 4) is 0 Å². The third-order valence-corrected chi connectivity index (χ3v) is 8.73. The van der Waals surface area contributed by atoms with Gasteiger partial charge in [-0.1, -0.05) is 72.0 Å². The normalized spacial score (nSPS) is 19.1. The molecule has 1 atom stereocenters. The van der Waals surface area contributed by atoms with E-state index in [1.807, 2.05) is 0 Å². The summed E-state index contributed by atoms with van der Waals surface area (Å²) < 4.78 is 2.51. The number of anilines is 1. The Hall–Kier alpha value is -2.08. The molecule has 160 valence electrons. The Morgan fingerprint density at radius 3 is 2.27 bits per heavy atom. The quantitative estimate of drug-likeness (QED) is 0.366. The fourth-order valence-corrected chi connectivity index (χ4v) is 6.23. The Balaban J connectivity index is 1.47. The molecule has 1 saturated carbocycles. The van der Waals surface area contributed by atoms with Gasteiger partial charge in [-0.2, -0.15) is 0 Å². The van der Waals surface area contributed by atoms with Gasteiger partial charge in [0.25, 0.3) is 0 Å². The maximum absolute atomic E-state index is 5.49. The molecule has 0 amide bonds. The van der Waals surface area contributed by atoms with E-state index in [9.17, 15) is 0 Å². The van der Waals surface area contributed by atoms with Crippen molar-refractivity contribution in [1.82, 2.24) is 10.3 Å². The van der Waals surface area contributed by atoms with Crippen LogP contribution in [0.15, 0.2) is 61.2 Å². The number of piperidine rings is 1. The van der Waals surface area contributed by atoms with Gasteiger partial charge in [0.1, 0.15) is 0 Å². The van der Waals surface area contributed by atoms with Gasteiger partial charge in [-0.05, 0) is 62.0 Å². The number of rotatable bonds is 8. The number of hydrogen-bond acceptors (Lipinski definition) is 4. The fourth-order valence-electron chi connectivity index (χ4n) is 4.41. The number of hydrazine groups is 1. The average Bonchev–Trinajstić information content (AvgIpc) is 2.77. The molecule has 1 heterocycles. The average molecular weight is 423 g/mol. The molecule has 0 aromatic heterocycles. The molecule has 4 rings (SSSR count). The Morgan fingerprint density at radius 1 is 1.03 bits per heavy atom. The minimum absolute atomic E-state index is 0.0668. The van der Waals surface area contributed by atoms with E-state index in [1.165, 1.54) is 56.4 Å². The molecule has 5 heteroatoms. The molecular formula is C25H34N4S. The SMILES string of the molecule is C=C(NN)c1ccc(CN(c2ccccc2)S(=C)C2CCN(C3CCC3)CC2)cc1. The molecular weight excluding hydrogens is 388 g/mol. The summed E-state index contributed by atoms with van der Waals surface area (Å²) in [6.45, 7) is 7.28. The van der Waals surface area contributed by atoms with Gasteiger partial charge in [-0.3, -0.25) is 5.84 Å². The summed E-state index contributed by atoms with van der Waals surface area (Å²) in [7, 11) is -0.0668. The van der Waals surface area contributed by atoms with Crippen LogP contribution in [0.3, 0.4) is 0 Å². The highest BCUT2D eigenvalue weighted by Crippen LogP contribution is 2.38. The van der Waals surface area contributed by atoms with E-state index in [-0.39, 0.29) is 10.7 Å². The Morgan fingerprint density at radius 2 is 1.70 bits per heavy atom. The summed E-state index contributed by atoms with van der Waals surface area (Å²) in [6.07, 6.45) is 6.73. The van der Waals surface area contributed by atoms with Crippen molar-refractivity contribution in [2.24, 2.45) is 5.84 Å². The highest BCUT2D eigenvalue weighted by molar-refractivity contribution is 8.15. The van der Waals surface area contributed by atoms with Crippen LogP contribution in [-0.2, 0) is 6.54 Å². The smallest absolute Gasteiger partial charge is 0.0541 e. The molecule has 1 saturated heterocycles. The van der Waals surface area contributed by atoms with E-state index in [0.29, 0.717) is 5.25 Å². The third kappa shape index (κ3) is 4.80. The summed E-state index contributed by atoms with van der Waals surface area (Å²) >= 11 is 0. The number of likely N-dealkylation sites (tertiary alicyclic amines) is 1. The first-order chi connectivity index (χ1) is 14.7. The summed E-state index contributed by atoms with van der Waals surface area (Å²) in [5.74, 6) is 10.2. The van der Waals surface area contributed by atoms with Gasteiger partial charge in [-0.25, -0.2) is 0 Å². The first-order valence-corrected chi connectivity index (χ1v) is 12.4. The van der Waals surface area contributed by atoms with Gasteiger partial charge < -0.3 is 14.6 Å². The second-order valence-electron chi connectivity index (χ2n) is 8.41. The second-order valence-corrected chi connectivity index (χ2v) is 10.3. The highest BCUT2D eigenvalue weighted by Gasteiger charge is 2.30. The number of hydrogen-bond donors (Lipinski definition) is 2. The lowest BCUT2D eigenvalue weighted by atomic mass is 9.90. The Labute approximate surface area is 183 Å². The number of nitrogens with one attached hydrogen (secondary N) is 1. The van der Waals surface area contributed by atoms with Crippen molar-refractivity contribution < 1.29 is 0 Å². The van der Waals surface area contributed by atoms with Crippen molar-refractivity contribution in [1.29, 1.82) is 0 Å². The molecule has 0 bridgehead atoms. The lowest BCUT2D eigenvalue weighted by Gasteiger charge is -2.43. The van der Waals surface area contributed by atoms with Gasteiger partial charge in [0.05, 0.1) is 6.54 Å². The molecule has 2 aliphatic rings. The van der Waals surface area contributed by atoms with E-state index in [0.717, 1.165) is 23.8 Å². The third-order valence-electron chi connectivity index (χ3n) is 6.58. The minimum atomic E-state index is -0.0668. The van der Waals surface area contributed by atoms with Gasteiger partial charge >= 0.3 is 0 Å². The number of nitrogens with zero attached hydrogens (tertiary/aromatic N) is 2. The monoisotopic (exact) mass is 422 g/mol. The van der Waals surface area contributed by atoms with E-state index >= 15 is 0 Å². The molecule has 3 N–H and O–H groups in total. The predicted molar refractivity (Wildman–Crippen MR) is 132 cm³/mol. The van der Waals surface area contributed by atoms with Crippen LogP contribution in [0.1, 0.15) is 43.2 Å². The minimum Gasteiger partial charge on any atom is -0.324 e. The summed E-state index contributed by atoms with van der Waals surface area (Å²) in [6, 6.07) is 20.1. The first kappa shape index (κ1) is 21.2. The Bertz CT molecular complexity index is 852. The van der Waals surface area contributed by atoms with Crippen LogP contribution >= 0.6 is 10.7 Å². The topological polar surface area (TPSA) is 44.5 Å². The standard InChI is InChI=1S/C25H34N4S/c1-20(27-26)22-13-11-21(12-14-22)19-29(24-7-4-3-5-8-24)30(2)25-15-17-28(18-16-25)23-9-6-10-23/h3-5,7-8,11-14,23,25,27H,1-2,6,9-10,15-19,26H2. The van der Waals surface area contributed by atoms with Crippen molar-refractivity contribution in [3.63, 3.8) is 0 Å². The summed E-state index contributed by atoms with van der Waals surface area (Å²) in [4.78, 5) is 2.72. The fraction of sp³-hybridized carbons (Fsp3) is 0.400. The zero-order valence-corrected chi connectivity index (χ0v) is 18.6. The molecule has 2 aromatic carbocycles. The zero-order valence-electron chi connectivity index (χ0n) is 17.8. The maximum atomic E-state index is 5.49. The molecule has 1 aliphatic carbocycles. The summed E-state index contributed by atoms with van der Waals surface area (Å²) in [5.41, 5.74) is 6.92. The molecule has 2 aromatic rings. The molecule has 1 aliphatic heterocycles. The van der Waals surface area contributed by atoms with Crippen LogP contribution in [0, 0.1) is 0 Å². The number of para-hydroxylation sites is 1. The number of nitrogens with two attached hydrogens (primary N) is 1. The van der Waals surface area contributed by atoms with E-state index in [1.54, 1.807) is 0 Å². The molecule has 0 spiro atoms. The van der Waals surface area contributed by atoms with E-state index < -0.39 is 0 Å². The van der Waals surface area contributed by atoms with Crippen LogP contribution in [-0.4, -0.2) is 35.2 Å². The van der Waals surface area contributed by atoms with Crippen molar-refractivity contribution in [3.05, 3.63) is 72.3 Å².